The van der Waals surface area contributed by atoms with Crippen LogP contribution in [0.25, 0.3) is 0 Å². The number of nitrogens with one attached hydrogen (secondary N) is 2. The molecule has 0 bridgehead atoms. The summed E-state index contributed by atoms with van der Waals surface area (Å²) in [5, 5.41) is 15.6. The van der Waals surface area contributed by atoms with Gasteiger partial charge in [-0.15, -0.1) is 0 Å². The molecule has 202 valence electrons. The number of hydrogen-bond acceptors (Lipinski definition) is 5. The van der Waals surface area contributed by atoms with Crippen LogP contribution in [0.1, 0.15) is 62.6 Å². The third kappa shape index (κ3) is 10.5. The highest BCUT2D eigenvalue weighted by molar-refractivity contribution is 5.78. The first-order chi connectivity index (χ1) is 17.9. The molecule has 0 saturated carbocycles. The summed E-state index contributed by atoms with van der Waals surface area (Å²) in [5.41, 5.74) is 3.22. The predicted octanol–water partition coefficient (Wildman–Crippen LogP) is 3.82. The second kappa shape index (κ2) is 15.4. The monoisotopic (exact) mass is 509 g/mol. The molecular weight excluding hydrogens is 466 g/mol. The van der Waals surface area contributed by atoms with Gasteiger partial charge in [0.2, 0.25) is 11.8 Å². The molecule has 2 aromatic carbocycles. The highest BCUT2D eigenvalue weighted by atomic mass is 16.5. The second-order valence-electron chi connectivity index (χ2n) is 10.4. The number of benzene rings is 2. The van der Waals surface area contributed by atoms with Crippen molar-refractivity contribution in [2.75, 3.05) is 26.3 Å². The van der Waals surface area contributed by atoms with Crippen molar-refractivity contribution in [3.8, 4) is 5.75 Å². The van der Waals surface area contributed by atoms with Gasteiger partial charge in [-0.3, -0.25) is 14.5 Å². The zero-order chi connectivity index (χ0) is 26.5. The first-order valence-electron chi connectivity index (χ1n) is 13.6. The molecule has 3 N–H and O–H groups in total. The van der Waals surface area contributed by atoms with E-state index in [2.05, 4.69) is 47.6 Å². The number of ether oxygens (including phenoxy) is 1. The van der Waals surface area contributed by atoms with Crippen LogP contribution < -0.4 is 15.4 Å². The molecule has 1 aliphatic rings. The van der Waals surface area contributed by atoms with Crippen LogP contribution in [-0.2, 0) is 29.1 Å². The summed E-state index contributed by atoms with van der Waals surface area (Å²) < 4.78 is 6.17. The van der Waals surface area contributed by atoms with Gasteiger partial charge in [-0.05, 0) is 55.2 Å². The highest BCUT2D eigenvalue weighted by Crippen LogP contribution is 2.24. The molecule has 0 aliphatic carbocycles. The van der Waals surface area contributed by atoms with Crippen LogP contribution in [0.15, 0.2) is 48.5 Å². The molecule has 0 saturated heterocycles. The maximum Gasteiger partial charge on any atom is 0.234 e. The standard InChI is InChI=1S/C30H43N3O4/c1-23(2)17-27(22-34)32-29(35)14-12-24-11-13-28-26(18-24)20-33(19-25-9-5-3-6-10-25)21-30(36)31-15-7-4-8-16-37-28/h3,5-6,9-11,13,18,23,27,34H,4,7-8,12,14-17,19-22H2,1-2H3,(H,31,36)(H,32,35)/t27-/m0/s1. The van der Waals surface area contributed by atoms with E-state index in [0.29, 0.717) is 51.5 Å². The molecule has 7 heteroatoms. The fourth-order valence-electron chi connectivity index (χ4n) is 4.68. The first-order valence-corrected chi connectivity index (χ1v) is 13.6. The van der Waals surface area contributed by atoms with Crippen molar-refractivity contribution in [1.29, 1.82) is 0 Å². The van der Waals surface area contributed by atoms with Crippen molar-refractivity contribution in [3.63, 3.8) is 0 Å². The van der Waals surface area contributed by atoms with Crippen LogP contribution >= 0.6 is 0 Å². The van der Waals surface area contributed by atoms with E-state index in [9.17, 15) is 14.7 Å². The van der Waals surface area contributed by atoms with E-state index in [1.54, 1.807) is 0 Å². The van der Waals surface area contributed by atoms with Crippen molar-refractivity contribution in [3.05, 3.63) is 65.2 Å². The van der Waals surface area contributed by atoms with Gasteiger partial charge >= 0.3 is 0 Å². The third-order valence-corrected chi connectivity index (χ3v) is 6.52. The van der Waals surface area contributed by atoms with Gasteiger partial charge in [-0.25, -0.2) is 0 Å². The smallest absolute Gasteiger partial charge is 0.234 e. The Kier molecular flexibility index (Phi) is 11.9. The molecule has 7 nitrogen and oxygen atoms in total. The zero-order valence-corrected chi connectivity index (χ0v) is 22.4. The summed E-state index contributed by atoms with van der Waals surface area (Å²) in [7, 11) is 0. The highest BCUT2D eigenvalue weighted by Gasteiger charge is 2.17. The van der Waals surface area contributed by atoms with Gasteiger partial charge in [-0.2, -0.15) is 0 Å². The number of aliphatic hydroxyl groups is 1. The first kappa shape index (κ1) is 28.7. The number of aryl methyl sites for hydroxylation is 1. The SMILES string of the molecule is CC(C)C[C@@H](CO)NC(=O)CCc1ccc2c(c1)CN(Cc1ccccc1)CC(=O)NCCCCCO2. The Morgan fingerprint density at radius 1 is 1.08 bits per heavy atom. The molecule has 2 amide bonds. The van der Waals surface area contributed by atoms with Gasteiger partial charge in [-0.1, -0.05) is 56.3 Å². The van der Waals surface area contributed by atoms with Gasteiger partial charge in [0.25, 0.3) is 0 Å². The zero-order valence-electron chi connectivity index (χ0n) is 22.4. The van der Waals surface area contributed by atoms with Crippen LogP contribution in [0.5, 0.6) is 5.75 Å². The van der Waals surface area contributed by atoms with E-state index in [-0.39, 0.29) is 24.5 Å². The average molecular weight is 510 g/mol. The topological polar surface area (TPSA) is 90.9 Å². The van der Waals surface area contributed by atoms with Gasteiger partial charge in [0.15, 0.2) is 0 Å². The van der Waals surface area contributed by atoms with Crippen molar-refractivity contribution < 1.29 is 19.4 Å². The Labute approximate surface area is 221 Å². The number of carbonyl (C=O) groups is 2. The van der Waals surface area contributed by atoms with Crippen LogP contribution in [0, 0.1) is 5.92 Å². The van der Waals surface area contributed by atoms with E-state index < -0.39 is 0 Å². The van der Waals surface area contributed by atoms with Gasteiger partial charge in [0.1, 0.15) is 5.75 Å². The number of amides is 2. The summed E-state index contributed by atoms with van der Waals surface area (Å²) in [6.45, 7) is 6.96. The van der Waals surface area contributed by atoms with Crippen molar-refractivity contribution in [2.45, 2.75) is 71.5 Å². The molecule has 0 aromatic heterocycles. The maximum absolute atomic E-state index is 12.7. The number of nitrogens with zero attached hydrogens (tertiary/aromatic N) is 1. The quantitative estimate of drug-likeness (QED) is 0.478. The van der Waals surface area contributed by atoms with Crippen molar-refractivity contribution in [2.24, 2.45) is 5.92 Å². The number of carbonyl (C=O) groups excluding carboxylic acids is 2. The summed E-state index contributed by atoms with van der Waals surface area (Å²) in [6, 6.07) is 16.1. The molecule has 3 rings (SSSR count). The van der Waals surface area contributed by atoms with E-state index >= 15 is 0 Å². The van der Waals surface area contributed by atoms with E-state index in [1.807, 2.05) is 30.3 Å². The van der Waals surface area contributed by atoms with Crippen LogP contribution in [-0.4, -0.2) is 54.2 Å². The Bertz CT molecular complexity index is 980. The molecular formula is C30H43N3O4. The summed E-state index contributed by atoms with van der Waals surface area (Å²) in [5.74, 6) is 1.22. The summed E-state index contributed by atoms with van der Waals surface area (Å²) >= 11 is 0. The van der Waals surface area contributed by atoms with Gasteiger partial charge in [0, 0.05) is 31.6 Å². The van der Waals surface area contributed by atoms with Crippen molar-refractivity contribution >= 4 is 11.8 Å². The largest absolute Gasteiger partial charge is 0.493 e. The third-order valence-electron chi connectivity index (χ3n) is 6.52. The predicted molar refractivity (Wildman–Crippen MR) is 146 cm³/mol. The second-order valence-corrected chi connectivity index (χ2v) is 10.4. The lowest BCUT2D eigenvalue weighted by Gasteiger charge is -2.24. The van der Waals surface area contributed by atoms with Crippen LogP contribution in [0.2, 0.25) is 0 Å². The average Bonchev–Trinajstić information content (AvgIpc) is 2.88. The maximum atomic E-state index is 12.7. The van der Waals surface area contributed by atoms with Crippen LogP contribution in [0.4, 0.5) is 0 Å². The molecule has 0 spiro atoms. The number of aliphatic hydroxyl groups excluding tert-OH is 1. The lowest BCUT2D eigenvalue weighted by Crippen LogP contribution is -2.38. The minimum absolute atomic E-state index is 0.0327. The molecule has 1 atom stereocenters. The number of rotatable bonds is 9. The molecule has 37 heavy (non-hydrogen) atoms. The fourth-order valence-corrected chi connectivity index (χ4v) is 4.68. The minimum Gasteiger partial charge on any atom is -0.493 e. The minimum atomic E-state index is -0.209. The summed E-state index contributed by atoms with van der Waals surface area (Å²) in [4.78, 5) is 27.3. The van der Waals surface area contributed by atoms with Crippen LogP contribution in [0.3, 0.4) is 0 Å². The Morgan fingerprint density at radius 2 is 1.89 bits per heavy atom. The Morgan fingerprint density at radius 3 is 2.65 bits per heavy atom. The Balaban J connectivity index is 1.74. The summed E-state index contributed by atoms with van der Waals surface area (Å²) in [6.07, 6.45) is 4.58. The van der Waals surface area contributed by atoms with Gasteiger partial charge in [0.05, 0.1) is 25.8 Å². The van der Waals surface area contributed by atoms with E-state index in [0.717, 1.165) is 48.1 Å². The number of fused-ring (bicyclic) bond motifs is 1. The molecule has 1 aliphatic heterocycles. The van der Waals surface area contributed by atoms with E-state index in [4.69, 9.17) is 4.74 Å². The molecule has 1 heterocycles. The lowest BCUT2D eigenvalue weighted by atomic mass is 10.0. The molecule has 2 aromatic rings. The number of hydrogen-bond donors (Lipinski definition) is 3. The normalized spacial score (nSPS) is 16.4. The Hall–Kier alpha value is -2.90. The fraction of sp³-hybridized carbons (Fsp3) is 0.533. The van der Waals surface area contributed by atoms with Gasteiger partial charge < -0.3 is 20.5 Å². The molecule has 0 unspecified atom stereocenters. The molecule has 0 fully saturated rings. The van der Waals surface area contributed by atoms with Crippen molar-refractivity contribution in [1.82, 2.24) is 15.5 Å². The van der Waals surface area contributed by atoms with E-state index in [1.165, 1.54) is 0 Å². The molecule has 0 radical (unpaired) electrons. The lowest BCUT2D eigenvalue weighted by molar-refractivity contribution is -0.123.